The number of fused-ring (bicyclic) bond motifs is 1. The van der Waals surface area contributed by atoms with E-state index in [1.165, 1.54) is 30.5 Å². The maximum Gasteiger partial charge on any atom is 0.261 e. The van der Waals surface area contributed by atoms with Crippen LogP contribution in [-0.2, 0) is 4.79 Å². The van der Waals surface area contributed by atoms with Gasteiger partial charge in [0.25, 0.3) is 5.91 Å². The lowest BCUT2D eigenvalue weighted by Gasteiger charge is -2.39. The molecule has 0 saturated carbocycles. The number of carbonyl (C=O) groups excluding carboxylic acids is 2. The molecule has 3 aromatic rings. The Balaban J connectivity index is 1.61. The number of methoxy groups -OCH3 is 1. The molecule has 0 spiro atoms. The summed E-state index contributed by atoms with van der Waals surface area (Å²) in [6.45, 7) is 4.12. The van der Waals surface area contributed by atoms with Crippen molar-refractivity contribution in [2.24, 2.45) is 5.41 Å². The highest BCUT2D eigenvalue weighted by Crippen LogP contribution is 2.47. The average Bonchev–Trinajstić information content (AvgIpc) is 3.22. The lowest BCUT2D eigenvalue weighted by molar-refractivity contribution is -0.118. The molecule has 1 atom stereocenters. The van der Waals surface area contributed by atoms with Crippen LogP contribution in [0.2, 0.25) is 0 Å². The van der Waals surface area contributed by atoms with Crippen molar-refractivity contribution in [2.75, 3.05) is 17.7 Å². The number of ketones is 1. The number of allylic oxidation sites excluding steroid dienone is 2. The largest absolute Gasteiger partial charge is 0.496 e. The van der Waals surface area contributed by atoms with Crippen molar-refractivity contribution in [3.05, 3.63) is 82.9 Å². The summed E-state index contributed by atoms with van der Waals surface area (Å²) in [5, 5.41) is 10.7. The SMILES string of the molecule is COc1ccccc1C1C2=C(CC(C)(C)CC2=O)Nc2c(C(=O)Nc3ccc(F)cc3)cnn21. The molecule has 2 aromatic carbocycles. The number of nitrogens with zero attached hydrogens (tertiary/aromatic N) is 2. The van der Waals surface area contributed by atoms with E-state index in [0.29, 0.717) is 41.2 Å². The number of ether oxygens (including phenoxy) is 1. The van der Waals surface area contributed by atoms with Gasteiger partial charge in [0, 0.05) is 28.9 Å². The third kappa shape index (κ3) is 3.75. The first-order valence-corrected chi connectivity index (χ1v) is 11.1. The molecule has 174 valence electrons. The van der Waals surface area contributed by atoms with Crippen LogP contribution in [-0.4, -0.2) is 28.6 Å². The van der Waals surface area contributed by atoms with Crippen molar-refractivity contribution in [1.29, 1.82) is 0 Å². The van der Waals surface area contributed by atoms with Crippen LogP contribution in [0.1, 0.15) is 48.7 Å². The number of para-hydroxylation sites is 1. The van der Waals surface area contributed by atoms with Gasteiger partial charge in [0.15, 0.2) is 5.78 Å². The van der Waals surface area contributed by atoms with E-state index in [1.54, 1.807) is 11.8 Å². The number of amides is 1. The van der Waals surface area contributed by atoms with Crippen LogP contribution in [0.25, 0.3) is 0 Å². The molecule has 0 bridgehead atoms. The van der Waals surface area contributed by atoms with Crippen molar-refractivity contribution < 1.29 is 18.7 Å². The zero-order valence-electron chi connectivity index (χ0n) is 19.2. The Labute approximate surface area is 196 Å². The van der Waals surface area contributed by atoms with Crippen molar-refractivity contribution in [1.82, 2.24) is 9.78 Å². The Morgan fingerprint density at radius 1 is 1.18 bits per heavy atom. The highest BCUT2D eigenvalue weighted by Gasteiger charge is 2.43. The number of aromatic nitrogens is 2. The Kier molecular flexibility index (Phi) is 5.23. The molecule has 0 radical (unpaired) electrons. The van der Waals surface area contributed by atoms with Gasteiger partial charge in [-0.25, -0.2) is 9.07 Å². The fourth-order valence-corrected chi connectivity index (χ4v) is 4.79. The maximum atomic E-state index is 13.4. The molecule has 1 unspecified atom stereocenters. The fraction of sp³-hybridized carbons (Fsp3) is 0.269. The lowest BCUT2D eigenvalue weighted by Crippen LogP contribution is -2.37. The zero-order chi connectivity index (χ0) is 24.0. The minimum atomic E-state index is -0.529. The summed E-state index contributed by atoms with van der Waals surface area (Å²) in [5.41, 5.74) is 2.81. The van der Waals surface area contributed by atoms with Gasteiger partial charge in [0.1, 0.15) is 29.0 Å². The van der Waals surface area contributed by atoms with Crippen LogP contribution in [0.5, 0.6) is 5.75 Å². The van der Waals surface area contributed by atoms with Gasteiger partial charge < -0.3 is 15.4 Å². The van der Waals surface area contributed by atoms with Crippen LogP contribution in [0.4, 0.5) is 15.9 Å². The maximum absolute atomic E-state index is 13.4. The zero-order valence-corrected chi connectivity index (χ0v) is 19.2. The average molecular weight is 461 g/mol. The molecule has 34 heavy (non-hydrogen) atoms. The van der Waals surface area contributed by atoms with Crippen LogP contribution in [0.15, 0.2) is 66.0 Å². The normalized spacial score (nSPS) is 18.6. The Morgan fingerprint density at radius 3 is 2.65 bits per heavy atom. The first-order chi connectivity index (χ1) is 16.3. The molecule has 0 fully saturated rings. The van der Waals surface area contributed by atoms with E-state index in [1.807, 2.05) is 24.3 Å². The smallest absolute Gasteiger partial charge is 0.261 e. The second-order valence-electron chi connectivity index (χ2n) is 9.42. The van der Waals surface area contributed by atoms with E-state index < -0.39 is 6.04 Å². The summed E-state index contributed by atoms with van der Waals surface area (Å²) in [6, 6.07) is 12.6. The first kappa shape index (κ1) is 21.9. The topological polar surface area (TPSA) is 85.2 Å². The minimum absolute atomic E-state index is 0.0492. The number of rotatable bonds is 4. The fourth-order valence-electron chi connectivity index (χ4n) is 4.79. The van der Waals surface area contributed by atoms with E-state index in [0.717, 1.165) is 11.3 Å². The van der Waals surface area contributed by atoms with Gasteiger partial charge in [-0.3, -0.25) is 9.59 Å². The molecule has 2 heterocycles. The second-order valence-corrected chi connectivity index (χ2v) is 9.42. The third-order valence-electron chi connectivity index (χ3n) is 6.28. The summed E-state index contributed by atoms with van der Waals surface area (Å²) in [7, 11) is 1.59. The van der Waals surface area contributed by atoms with Crippen LogP contribution >= 0.6 is 0 Å². The van der Waals surface area contributed by atoms with Crippen molar-refractivity contribution in [2.45, 2.75) is 32.7 Å². The van der Waals surface area contributed by atoms with Gasteiger partial charge in [-0.05, 0) is 42.2 Å². The number of carbonyl (C=O) groups is 2. The summed E-state index contributed by atoms with van der Waals surface area (Å²) >= 11 is 0. The predicted molar refractivity (Wildman–Crippen MR) is 126 cm³/mol. The molecule has 8 heteroatoms. The van der Waals surface area contributed by atoms with Crippen molar-refractivity contribution >= 4 is 23.2 Å². The minimum Gasteiger partial charge on any atom is -0.496 e. The molecule has 1 aliphatic carbocycles. The molecule has 7 nitrogen and oxygen atoms in total. The molecule has 2 N–H and O–H groups in total. The highest BCUT2D eigenvalue weighted by molar-refractivity contribution is 6.08. The van der Waals surface area contributed by atoms with Crippen molar-refractivity contribution in [3.8, 4) is 5.75 Å². The summed E-state index contributed by atoms with van der Waals surface area (Å²) < 4.78 is 20.5. The molecule has 0 saturated heterocycles. The third-order valence-corrected chi connectivity index (χ3v) is 6.28. The van der Waals surface area contributed by atoms with Gasteiger partial charge in [0.05, 0.1) is 13.3 Å². The monoisotopic (exact) mass is 460 g/mol. The van der Waals surface area contributed by atoms with Crippen LogP contribution in [0.3, 0.4) is 0 Å². The molecular weight excluding hydrogens is 435 g/mol. The number of halogens is 1. The van der Waals surface area contributed by atoms with E-state index >= 15 is 0 Å². The Bertz CT molecular complexity index is 1320. The molecule has 1 aromatic heterocycles. The van der Waals surface area contributed by atoms with Gasteiger partial charge in [-0.1, -0.05) is 32.0 Å². The van der Waals surface area contributed by atoms with Crippen LogP contribution in [0, 0.1) is 11.2 Å². The Hall–Kier alpha value is -3.94. The number of nitrogens with one attached hydrogen (secondary N) is 2. The first-order valence-electron chi connectivity index (χ1n) is 11.1. The quantitative estimate of drug-likeness (QED) is 0.576. The summed E-state index contributed by atoms with van der Waals surface area (Å²) in [6.07, 6.45) is 2.56. The predicted octanol–water partition coefficient (Wildman–Crippen LogP) is 4.94. The number of anilines is 2. The molecule has 1 amide bonds. The molecule has 5 rings (SSSR count). The summed E-state index contributed by atoms with van der Waals surface area (Å²) in [4.78, 5) is 26.5. The molecule has 2 aliphatic rings. The Morgan fingerprint density at radius 2 is 1.91 bits per heavy atom. The van der Waals surface area contributed by atoms with E-state index in [-0.39, 0.29) is 22.9 Å². The summed E-state index contributed by atoms with van der Waals surface area (Å²) in [5.74, 6) is 0.418. The standard InChI is InChI=1S/C26H25FN4O3/c1-26(2)12-19-22(20(32)13-26)23(17-6-4-5-7-21(17)34-3)31-24(30-19)18(14-28-31)25(33)29-16-10-8-15(27)9-11-16/h4-11,14,23,30H,12-13H2,1-3H3,(H,29,33). The van der Waals surface area contributed by atoms with E-state index in [2.05, 4.69) is 29.6 Å². The molecular formula is C26H25FN4O3. The number of hydrogen-bond acceptors (Lipinski definition) is 5. The van der Waals surface area contributed by atoms with E-state index in [4.69, 9.17) is 4.74 Å². The van der Waals surface area contributed by atoms with Crippen LogP contribution < -0.4 is 15.4 Å². The number of hydrogen-bond donors (Lipinski definition) is 2. The van der Waals surface area contributed by atoms with E-state index in [9.17, 15) is 14.0 Å². The van der Waals surface area contributed by atoms with Gasteiger partial charge >= 0.3 is 0 Å². The van der Waals surface area contributed by atoms with Gasteiger partial charge in [-0.15, -0.1) is 0 Å². The second kappa shape index (κ2) is 8.13. The number of Topliss-reactive ketones (excluding diaryl/α,β-unsaturated/α-hetero) is 1. The van der Waals surface area contributed by atoms with Crippen molar-refractivity contribution in [3.63, 3.8) is 0 Å². The lowest BCUT2D eigenvalue weighted by atomic mass is 9.73. The van der Waals surface area contributed by atoms with Gasteiger partial charge in [-0.2, -0.15) is 5.10 Å². The number of benzene rings is 2. The van der Waals surface area contributed by atoms with Gasteiger partial charge in [0.2, 0.25) is 0 Å². The molecule has 1 aliphatic heterocycles. The highest BCUT2D eigenvalue weighted by atomic mass is 19.1.